The molecule has 1 aromatic carbocycles. The standard InChI is InChI=1S/C13H16/c1-4-5-6-7-13-9-8-11(2)12(3)10-13/h8-10H,6-7H2,1-3H3. The second-order valence-electron chi connectivity index (χ2n) is 3.35. The summed E-state index contributed by atoms with van der Waals surface area (Å²) < 4.78 is 0. The Labute approximate surface area is 81.0 Å². The van der Waals surface area contributed by atoms with E-state index >= 15 is 0 Å². The minimum absolute atomic E-state index is 0.971. The van der Waals surface area contributed by atoms with Gasteiger partial charge in [0.2, 0.25) is 0 Å². The molecule has 0 spiro atoms. The molecule has 1 rings (SSSR count). The lowest BCUT2D eigenvalue weighted by Crippen LogP contribution is -1.87. The highest BCUT2D eigenvalue weighted by molar-refractivity contribution is 5.30. The first-order valence-corrected chi connectivity index (χ1v) is 4.70. The Morgan fingerprint density at radius 1 is 1.15 bits per heavy atom. The monoisotopic (exact) mass is 172 g/mol. The molecule has 0 aliphatic rings. The molecule has 0 fully saturated rings. The van der Waals surface area contributed by atoms with Crippen molar-refractivity contribution < 1.29 is 0 Å². The van der Waals surface area contributed by atoms with Gasteiger partial charge in [-0.3, -0.25) is 0 Å². The SMILES string of the molecule is CC#CCCc1ccc(C)c(C)c1. The van der Waals surface area contributed by atoms with Crippen LogP contribution in [0.15, 0.2) is 18.2 Å². The molecule has 0 N–H and O–H groups in total. The van der Waals surface area contributed by atoms with Gasteiger partial charge in [0.05, 0.1) is 0 Å². The van der Waals surface area contributed by atoms with E-state index < -0.39 is 0 Å². The van der Waals surface area contributed by atoms with Gasteiger partial charge in [-0.05, 0) is 43.9 Å². The molecule has 0 radical (unpaired) electrons. The van der Waals surface area contributed by atoms with Gasteiger partial charge in [-0.1, -0.05) is 18.2 Å². The maximum absolute atomic E-state index is 3.08. The molecule has 13 heavy (non-hydrogen) atoms. The molecule has 0 atom stereocenters. The van der Waals surface area contributed by atoms with Crippen molar-refractivity contribution >= 4 is 0 Å². The topological polar surface area (TPSA) is 0 Å². The molecular formula is C13H16. The van der Waals surface area contributed by atoms with Crippen molar-refractivity contribution in [1.29, 1.82) is 0 Å². The van der Waals surface area contributed by atoms with E-state index in [1.807, 2.05) is 6.92 Å². The van der Waals surface area contributed by atoms with Crippen molar-refractivity contribution in [2.24, 2.45) is 0 Å². The highest BCUT2D eigenvalue weighted by atomic mass is 14.0. The van der Waals surface area contributed by atoms with Crippen molar-refractivity contribution in [3.8, 4) is 11.8 Å². The second kappa shape index (κ2) is 4.72. The number of aryl methyl sites for hydroxylation is 3. The molecule has 0 nitrogen and oxygen atoms in total. The Bertz CT molecular complexity index is 337. The van der Waals surface area contributed by atoms with Crippen molar-refractivity contribution in [1.82, 2.24) is 0 Å². The maximum Gasteiger partial charge on any atom is 0.0129 e. The summed E-state index contributed by atoms with van der Waals surface area (Å²) in [5.41, 5.74) is 4.14. The molecule has 68 valence electrons. The Hall–Kier alpha value is -1.22. The molecule has 0 heterocycles. The van der Waals surface area contributed by atoms with Crippen molar-refractivity contribution in [3.63, 3.8) is 0 Å². The van der Waals surface area contributed by atoms with E-state index in [0.29, 0.717) is 0 Å². The Morgan fingerprint density at radius 2 is 1.92 bits per heavy atom. The molecular weight excluding hydrogens is 156 g/mol. The third-order valence-corrected chi connectivity index (χ3v) is 2.29. The van der Waals surface area contributed by atoms with Crippen LogP contribution in [0.25, 0.3) is 0 Å². The number of hydrogen-bond acceptors (Lipinski definition) is 0. The first-order valence-electron chi connectivity index (χ1n) is 4.70. The summed E-state index contributed by atoms with van der Waals surface area (Å²) in [5.74, 6) is 5.99. The van der Waals surface area contributed by atoms with Crippen LogP contribution in [0.3, 0.4) is 0 Å². The largest absolute Gasteiger partial charge is 0.107 e. The predicted molar refractivity (Wildman–Crippen MR) is 57.7 cm³/mol. The molecule has 0 aliphatic carbocycles. The predicted octanol–water partition coefficient (Wildman–Crippen LogP) is 3.26. The van der Waals surface area contributed by atoms with Gasteiger partial charge in [0.1, 0.15) is 0 Å². The fraction of sp³-hybridized carbons (Fsp3) is 0.385. The van der Waals surface area contributed by atoms with E-state index in [1.165, 1.54) is 16.7 Å². The smallest absolute Gasteiger partial charge is 0.0129 e. The molecule has 0 bridgehead atoms. The lowest BCUT2D eigenvalue weighted by atomic mass is 10.0. The second-order valence-corrected chi connectivity index (χ2v) is 3.35. The third kappa shape index (κ3) is 2.95. The van der Waals surface area contributed by atoms with Gasteiger partial charge in [0.25, 0.3) is 0 Å². The van der Waals surface area contributed by atoms with Gasteiger partial charge in [0.15, 0.2) is 0 Å². The van der Waals surface area contributed by atoms with Crippen LogP contribution in [0.5, 0.6) is 0 Å². The number of hydrogen-bond donors (Lipinski definition) is 0. The first-order chi connectivity index (χ1) is 6.24. The zero-order valence-corrected chi connectivity index (χ0v) is 8.65. The normalized spacial score (nSPS) is 9.15. The van der Waals surface area contributed by atoms with E-state index in [4.69, 9.17) is 0 Å². The lowest BCUT2D eigenvalue weighted by molar-refractivity contribution is 1.02. The van der Waals surface area contributed by atoms with Gasteiger partial charge >= 0.3 is 0 Å². The summed E-state index contributed by atoms with van der Waals surface area (Å²) in [4.78, 5) is 0. The lowest BCUT2D eigenvalue weighted by Gasteiger charge is -2.02. The first kappa shape index (κ1) is 9.86. The van der Waals surface area contributed by atoms with E-state index in [1.54, 1.807) is 0 Å². The van der Waals surface area contributed by atoms with E-state index in [2.05, 4.69) is 43.9 Å². The average Bonchev–Trinajstić information content (AvgIpc) is 2.12. The Balaban J connectivity index is 2.66. The molecule has 0 amide bonds. The third-order valence-electron chi connectivity index (χ3n) is 2.29. The minimum atomic E-state index is 0.971. The summed E-state index contributed by atoms with van der Waals surface area (Å²) in [6.45, 7) is 6.19. The van der Waals surface area contributed by atoms with Crippen molar-refractivity contribution in [2.45, 2.75) is 33.6 Å². The quantitative estimate of drug-likeness (QED) is 0.601. The number of benzene rings is 1. The van der Waals surface area contributed by atoms with E-state index in [-0.39, 0.29) is 0 Å². The minimum Gasteiger partial charge on any atom is -0.107 e. The summed E-state index contributed by atoms with van der Waals surface area (Å²) in [6, 6.07) is 6.64. The van der Waals surface area contributed by atoms with Crippen LogP contribution in [0, 0.1) is 25.7 Å². The van der Waals surface area contributed by atoms with E-state index in [9.17, 15) is 0 Å². The van der Waals surface area contributed by atoms with Gasteiger partial charge < -0.3 is 0 Å². The van der Waals surface area contributed by atoms with Gasteiger partial charge in [0, 0.05) is 6.42 Å². The maximum atomic E-state index is 3.08. The fourth-order valence-electron chi connectivity index (χ4n) is 1.29. The zero-order valence-electron chi connectivity index (χ0n) is 8.65. The van der Waals surface area contributed by atoms with Gasteiger partial charge in [-0.15, -0.1) is 11.8 Å². The van der Waals surface area contributed by atoms with Crippen LogP contribution >= 0.6 is 0 Å². The molecule has 0 heteroatoms. The van der Waals surface area contributed by atoms with Crippen LogP contribution in [-0.4, -0.2) is 0 Å². The Morgan fingerprint density at radius 3 is 2.54 bits per heavy atom. The van der Waals surface area contributed by atoms with Crippen LogP contribution in [0.2, 0.25) is 0 Å². The highest BCUT2D eigenvalue weighted by Crippen LogP contribution is 2.10. The molecule has 0 aromatic heterocycles. The molecule has 0 saturated heterocycles. The van der Waals surface area contributed by atoms with Crippen LogP contribution in [0.1, 0.15) is 30.0 Å². The molecule has 0 saturated carbocycles. The number of rotatable bonds is 2. The summed E-state index contributed by atoms with van der Waals surface area (Å²) >= 11 is 0. The average molecular weight is 172 g/mol. The van der Waals surface area contributed by atoms with E-state index in [0.717, 1.165) is 12.8 Å². The molecule has 0 unspecified atom stereocenters. The summed E-state index contributed by atoms with van der Waals surface area (Å²) in [7, 11) is 0. The van der Waals surface area contributed by atoms with Gasteiger partial charge in [-0.2, -0.15) is 0 Å². The van der Waals surface area contributed by atoms with Crippen molar-refractivity contribution in [3.05, 3.63) is 34.9 Å². The molecule has 0 aliphatic heterocycles. The van der Waals surface area contributed by atoms with Crippen LogP contribution in [-0.2, 0) is 6.42 Å². The summed E-state index contributed by atoms with van der Waals surface area (Å²) in [5, 5.41) is 0. The van der Waals surface area contributed by atoms with Crippen LogP contribution < -0.4 is 0 Å². The summed E-state index contributed by atoms with van der Waals surface area (Å²) in [6.07, 6.45) is 2.04. The van der Waals surface area contributed by atoms with Crippen LogP contribution in [0.4, 0.5) is 0 Å². The highest BCUT2D eigenvalue weighted by Gasteiger charge is 1.94. The Kier molecular flexibility index (Phi) is 3.58. The molecule has 1 aromatic rings. The zero-order chi connectivity index (χ0) is 9.68. The van der Waals surface area contributed by atoms with Gasteiger partial charge in [-0.25, -0.2) is 0 Å². The fourth-order valence-corrected chi connectivity index (χ4v) is 1.29. The van der Waals surface area contributed by atoms with Crippen molar-refractivity contribution in [2.75, 3.05) is 0 Å².